The third kappa shape index (κ3) is 5.63. The number of carbonyl (C=O) groups excluding carboxylic acids is 2. The number of nitrogens with one attached hydrogen (secondary N) is 3. The van der Waals surface area contributed by atoms with Gasteiger partial charge in [-0.3, -0.25) is 14.5 Å². The van der Waals surface area contributed by atoms with E-state index in [2.05, 4.69) is 38.7 Å². The summed E-state index contributed by atoms with van der Waals surface area (Å²) in [6, 6.07) is 19.2. The van der Waals surface area contributed by atoms with Crippen LogP contribution in [0.25, 0.3) is 10.9 Å². The Morgan fingerprint density at radius 3 is 2.51 bits per heavy atom. The maximum absolute atomic E-state index is 13.4. The Morgan fingerprint density at radius 1 is 0.943 bits per heavy atom. The van der Waals surface area contributed by atoms with Gasteiger partial charge in [-0.15, -0.1) is 11.3 Å². The van der Waals surface area contributed by atoms with Crippen LogP contribution in [0.1, 0.15) is 39.2 Å². The van der Waals surface area contributed by atoms with Crippen LogP contribution >= 0.6 is 11.3 Å². The van der Waals surface area contributed by atoms with Gasteiger partial charge in [0.1, 0.15) is 6.04 Å². The molecule has 0 bridgehead atoms. The Hall–Kier alpha value is -3.42. The lowest BCUT2D eigenvalue weighted by molar-refractivity contribution is -0.123. The number of para-hydroxylation sites is 1. The van der Waals surface area contributed by atoms with Crippen molar-refractivity contribution in [2.75, 3.05) is 13.1 Å². The van der Waals surface area contributed by atoms with E-state index in [1.165, 1.54) is 29.7 Å². The zero-order valence-corrected chi connectivity index (χ0v) is 20.4. The quantitative estimate of drug-likeness (QED) is 0.326. The summed E-state index contributed by atoms with van der Waals surface area (Å²) in [5.74, 6) is -0.411. The van der Waals surface area contributed by atoms with Gasteiger partial charge in [0.05, 0.1) is 4.88 Å². The van der Waals surface area contributed by atoms with Gasteiger partial charge in [-0.1, -0.05) is 48.5 Å². The second kappa shape index (κ2) is 10.9. The topological polar surface area (TPSA) is 77.2 Å². The average molecular weight is 487 g/mol. The van der Waals surface area contributed by atoms with Crippen LogP contribution in [0.5, 0.6) is 0 Å². The second-order valence-corrected chi connectivity index (χ2v) is 9.98. The predicted molar refractivity (Wildman–Crippen MR) is 140 cm³/mol. The summed E-state index contributed by atoms with van der Waals surface area (Å²) >= 11 is 1.37. The van der Waals surface area contributed by atoms with Crippen LogP contribution in [0.4, 0.5) is 0 Å². The first-order chi connectivity index (χ1) is 17.2. The van der Waals surface area contributed by atoms with E-state index in [4.69, 9.17) is 0 Å². The zero-order valence-electron chi connectivity index (χ0n) is 19.6. The smallest absolute Gasteiger partial charge is 0.262 e. The maximum atomic E-state index is 13.4. The van der Waals surface area contributed by atoms with E-state index in [9.17, 15) is 9.59 Å². The summed E-state index contributed by atoms with van der Waals surface area (Å²) in [5.41, 5.74) is 4.37. The Bertz CT molecular complexity index is 1290. The van der Waals surface area contributed by atoms with Crippen LogP contribution in [0, 0.1) is 0 Å². The van der Waals surface area contributed by atoms with Gasteiger partial charge in [0, 0.05) is 36.6 Å². The van der Waals surface area contributed by atoms with Crippen LogP contribution in [0.2, 0.25) is 0 Å². The van der Waals surface area contributed by atoms with E-state index in [0.717, 1.165) is 41.7 Å². The van der Waals surface area contributed by atoms with E-state index in [-0.39, 0.29) is 11.8 Å². The van der Waals surface area contributed by atoms with Gasteiger partial charge < -0.3 is 15.6 Å². The van der Waals surface area contributed by atoms with Gasteiger partial charge >= 0.3 is 0 Å². The molecule has 1 aliphatic rings. The summed E-state index contributed by atoms with van der Waals surface area (Å²) < 4.78 is 0. The van der Waals surface area contributed by atoms with Crippen molar-refractivity contribution < 1.29 is 9.59 Å². The number of carbonyl (C=O) groups is 2. The second-order valence-electron chi connectivity index (χ2n) is 9.04. The summed E-state index contributed by atoms with van der Waals surface area (Å²) in [6.45, 7) is 3.59. The normalized spacial score (nSPS) is 14.7. The highest BCUT2D eigenvalue weighted by atomic mass is 32.1. The molecule has 0 spiro atoms. The fourth-order valence-electron chi connectivity index (χ4n) is 4.74. The number of nitrogens with zero attached hydrogens (tertiary/aromatic N) is 1. The van der Waals surface area contributed by atoms with Crippen LogP contribution in [-0.4, -0.2) is 40.8 Å². The van der Waals surface area contributed by atoms with E-state index < -0.39 is 6.04 Å². The van der Waals surface area contributed by atoms with Gasteiger partial charge in [-0.25, -0.2) is 0 Å². The summed E-state index contributed by atoms with van der Waals surface area (Å²) in [5, 5.41) is 8.99. The Kier molecular flexibility index (Phi) is 7.25. The molecular formula is C28H30N4O2S. The minimum atomic E-state index is -0.686. The molecule has 1 saturated heterocycles. The van der Waals surface area contributed by atoms with Crippen LogP contribution < -0.4 is 10.6 Å². The highest BCUT2D eigenvalue weighted by molar-refractivity contribution is 7.12. The molecule has 0 radical (unpaired) electrons. The summed E-state index contributed by atoms with van der Waals surface area (Å²) in [7, 11) is 0. The molecule has 2 amide bonds. The number of hydrogen-bond acceptors (Lipinski definition) is 4. The van der Waals surface area contributed by atoms with Crippen molar-refractivity contribution in [3.8, 4) is 0 Å². The standard InChI is InChI=1S/C28H30N4O2S/c33-27(30-17-20-8-1-2-9-21(20)19-32-13-5-6-14-32)25(31-28(34)26-12-7-15-35-26)16-22-18-29-24-11-4-3-10-23(22)24/h1-4,7-12,15,18,25,29H,5-6,13-14,16-17,19H2,(H,30,33)(H,31,34)/t25-/m0/s1. The number of aromatic amines is 1. The third-order valence-electron chi connectivity index (χ3n) is 6.63. The number of hydrogen-bond donors (Lipinski definition) is 3. The molecular weight excluding hydrogens is 456 g/mol. The molecule has 7 heteroatoms. The molecule has 0 unspecified atom stereocenters. The fraction of sp³-hybridized carbons (Fsp3) is 0.286. The van der Waals surface area contributed by atoms with Crippen molar-refractivity contribution in [2.45, 2.75) is 38.4 Å². The Morgan fingerprint density at radius 2 is 1.71 bits per heavy atom. The lowest BCUT2D eigenvalue weighted by atomic mass is 10.0. The molecule has 2 aromatic carbocycles. The first-order valence-corrected chi connectivity index (χ1v) is 13.0. The highest BCUT2D eigenvalue weighted by Crippen LogP contribution is 2.20. The van der Waals surface area contributed by atoms with Crippen molar-refractivity contribution in [1.29, 1.82) is 0 Å². The molecule has 35 heavy (non-hydrogen) atoms. The van der Waals surface area contributed by atoms with Gasteiger partial charge in [-0.2, -0.15) is 0 Å². The number of likely N-dealkylation sites (tertiary alicyclic amines) is 1. The minimum absolute atomic E-state index is 0.184. The van der Waals surface area contributed by atoms with E-state index >= 15 is 0 Å². The molecule has 6 nitrogen and oxygen atoms in total. The SMILES string of the molecule is O=C(N[C@@H](Cc1c[nH]c2ccccc12)C(=O)NCc1ccccc1CN1CCCC1)c1cccs1. The van der Waals surface area contributed by atoms with Gasteiger partial charge in [-0.05, 0) is 60.1 Å². The first kappa shape index (κ1) is 23.3. The van der Waals surface area contributed by atoms with Crippen molar-refractivity contribution in [3.05, 3.63) is 93.8 Å². The van der Waals surface area contributed by atoms with E-state index in [1.807, 2.05) is 48.0 Å². The third-order valence-corrected chi connectivity index (χ3v) is 7.50. The molecule has 0 aliphatic carbocycles. The molecule has 1 fully saturated rings. The van der Waals surface area contributed by atoms with Gasteiger partial charge in [0.2, 0.25) is 5.91 Å². The maximum Gasteiger partial charge on any atom is 0.262 e. The number of amides is 2. The summed E-state index contributed by atoms with van der Waals surface area (Å²) in [6.07, 6.45) is 4.83. The fourth-order valence-corrected chi connectivity index (χ4v) is 5.37. The average Bonchev–Trinajstić information content (AvgIpc) is 3.66. The summed E-state index contributed by atoms with van der Waals surface area (Å²) in [4.78, 5) is 32.6. The number of benzene rings is 2. The minimum Gasteiger partial charge on any atom is -0.361 e. The number of H-pyrrole nitrogens is 1. The lowest BCUT2D eigenvalue weighted by Gasteiger charge is -2.20. The van der Waals surface area contributed by atoms with Crippen molar-refractivity contribution in [3.63, 3.8) is 0 Å². The number of fused-ring (bicyclic) bond motifs is 1. The lowest BCUT2D eigenvalue weighted by Crippen LogP contribution is -2.47. The molecule has 1 aliphatic heterocycles. The highest BCUT2D eigenvalue weighted by Gasteiger charge is 2.24. The van der Waals surface area contributed by atoms with E-state index in [0.29, 0.717) is 17.8 Å². The molecule has 180 valence electrons. The zero-order chi connectivity index (χ0) is 24.0. The van der Waals surface area contributed by atoms with Gasteiger partial charge in [0.25, 0.3) is 5.91 Å². The van der Waals surface area contributed by atoms with Gasteiger partial charge in [0.15, 0.2) is 0 Å². The van der Waals surface area contributed by atoms with E-state index in [1.54, 1.807) is 6.07 Å². The monoisotopic (exact) mass is 486 g/mol. The van der Waals surface area contributed by atoms with Crippen molar-refractivity contribution in [2.24, 2.45) is 0 Å². The number of thiophene rings is 1. The number of aromatic nitrogens is 1. The molecule has 3 heterocycles. The molecule has 3 N–H and O–H groups in total. The largest absolute Gasteiger partial charge is 0.361 e. The van der Waals surface area contributed by atoms with Crippen molar-refractivity contribution >= 4 is 34.1 Å². The number of rotatable bonds is 9. The molecule has 0 saturated carbocycles. The van der Waals surface area contributed by atoms with Crippen LogP contribution in [0.15, 0.2) is 72.2 Å². The van der Waals surface area contributed by atoms with Crippen LogP contribution in [0.3, 0.4) is 0 Å². The van der Waals surface area contributed by atoms with Crippen molar-refractivity contribution in [1.82, 2.24) is 20.5 Å². The predicted octanol–water partition coefficient (Wildman–Crippen LogP) is 4.48. The molecule has 4 aromatic rings. The first-order valence-electron chi connectivity index (χ1n) is 12.1. The molecule has 1 atom stereocenters. The molecule has 5 rings (SSSR count). The molecule has 2 aromatic heterocycles. The Balaban J connectivity index is 1.31. The Labute approximate surface area is 209 Å². The van der Waals surface area contributed by atoms with Crippen LogP contribution in [-0.2, 0) is 24.3 Å².